The van der Waals surface area contributed by atoms with E-state index >= 15 is 0 Å². The van der Waals surface area contributed by atoms with Crippen molar-refractivity contribution in [2.24, 2.45) is 5.41 Å². The van der Waals surface area contributed by atoms with E-state index in [-0.39, 0.29) is 19.0 Å². The van der Waals surface area contributed by atoms with Crippen molar-refractivity contribution in [3.8, 4) is 0 Å². The van der Waals surface area contributed by atoms with Crippen LogP contribution in [-0.4, -0.2) is 51.4 Å². The third kappa shape index (κ3) is 2.15. The predicted octanol–water partition coefficient (Wildman–Crippen LogP) is -0.0984. The van der Waals surface area contributed by atoms with Gasteiger partial charge in [-0.25, -0.2) is 4.98 Å². The highest BCUT2D eigenvalue weighted by molar-refractivity contribution is 5.91. The standard InChI is InChI=1S/C12H16N4O4/c1-12(11(18)19)5-20-4-7(12)13-10(17)9-14-8(15-16-9)6-2-3-6/h6-7H,2-5H2,1H3,(H,13,17)(H,18,19)(H,14,15,16). The summed E-state index contributed by atoms with van der Waals surface area (Å²) in [6.45, 7) is 1.81. The first-order valence-corrected chi connectivity index (χ1v) is 6.55. The minimum absolute atomic E-state index is 0.0477. The van der Waals surface area contributed by atoms with Gasteiger partial charge in [0.05, 0.1) is 19.3 Å². The lowest BCUT2D eigenvalue weighted by Crippen LogP contribution is -2.49. The first-order valence-electron chi connectivity index (χ1n) is 6.55. The summed E-state index contributed by atoms with van der Waals surface area (Å²) >= 11 is 0. The van der Waals surface area contributed by atoms with E-state index in [1.54, 1.807) is 6.92 Å². The Morgan fingerprint density at radius 3 is 2.90 bits per heavy atom. The molecule has 2 heterocycles. The minimum Gasteiger partial charge on any atom is -0.481 e. The zero-order valence-electron chi connectivity index (χ0n) is 11.0. The monoisotopic (exact) mass is 280 g/mol. The highest BCUT2D eigenvalue weighted by Crippen LogP contribution is 2.37. The molecule has 2 atom stereocenters. The van der Waals surface area contributed by atoms with Crippen molar-refractivity contribution < 1.29 is 19.4 Å². The number of nitrogens with zero attached hydrogens (tertiary/aromatic N) is 2. The van der Waals surface area contributed by atoms with E-state index in [1.807, 2.05) is 0 Å². The van der Waals surface area contributed by atoms with Gasteiger partial charge >= 0.3 is 5.97 Å². The smallest absolute Gasteiger partial charge is 0.313 e. The molecule has 1 aliphatic heterocycles. The molecule has 2 unspecified atom stereocenters. The van der Waals surface area contributed by atoms with Gasteiger partial charge in [0, 0.05) is 5.92 Å². The van der Waals surface area contributed by atoms with Gasteiger partial charge in [-0.05, 0) is 19.8 Å². The van der Waals surface area contributed by atoms with Crippen molar-refractivity contribution in [2.75, 3.05) is 13.2 Å². The zero-order chi connectivity index (χ0) is 14.3. The first-order chi connectivity index (χ1) is 9.50. The minimum atomic E-state index is -1.12. The SMILES string of the molecule is CC1(C(=O)O)COCC1NC(=O)c1n[nH]c(C2CC2)n1. The number of amides is 1. The van der Waals surface area contributed by atoms with Crippen LogP contribution in [0.4, 0.5) is 0 Å². The van der Waals surface area contributed by atoms with Crippen LogP contribution < -0.4 is 5.32 Å². The Balaban J connectivity index is 1.70. The average Bonchev–Trinajstić information content (AvgIpc) is 3.01. The lowest BCUT2D eigenvalue weighted by atomic mass is 9.85. The Hall–Kier alpha value is -1.96. The summed E-state index contributed by atoms with van der Waals surface area (Å²) in [6.07, 6.45) is 2.12. The quantitative estimate of drug-likeness (QED) is 0.709. The lowest BCUT2D eigenvalue weighted by Gasteiger charge is -2.24. The van der Waals surface area contributed by atoms with E-state index < -0.39 is 23.3 Å². The number of carbonyl (C=O) groups is 2. The Morgan fingerprint density at radius 1 is 1.50 bits per heavy atom. The number of nitrogens with one attached hydrogen (secondary N) is 2. The van der Waals surface area contributed by atoms with Crippen LogP contribution in [0, 0.1) is 5.41 Å². The van der Waals surface area contributed by atoms with Crippen molar-refractivity contribution >= 4 is 11.9 Å². The molecule has 0 bridgehead atoms. The third-order valence-corrected chi connectivity index (χ3v) is 3.92. The number of carbonyl (C=O) groups excluding carboxylic acids is 1. The fourth-order valence-electron chi connectivity index (χ4n) is 2.22. The van der Waals surface area contributed by atoms with Crippen molar-refractivity contribution in [1.29, 1.82) is 0 Å². The van der Waals surface area contributed by atoms with E-state index in [0.717, 1.165) is 18.7 Å². The van der Waals surface area contributed by atoms with Crippen LogP contribution >= 0.6 is 0 Å². The van der Waals surface area contributed by atoms with Gasteiger partial charge in [-0.3, -0.25) is 14.7 Å². The summed E-state index contributed by atoms with van der Waals surface area (Å²) in [6, 6.07) is -0.588. The second-order valence-corrected chi connectivity index (χ2v) is 5.58. The van der Waals surface area contributed by atoms with Gasteiger partial charge < -0.3 is 15.2 Å². The topological polar surface area (TPSA) is 117 Å². The van der Waals surface area contributed by atoms with Crippen molar-refractivity contribution in [3.63, 3.8) is 0 Å². The molecule has 20 heavy (non-hydrogen) atoms. The third-order valence-electron chi connectivity index (χ3n) is 3.92. The number of hydrogen-bond acceptors (Lipinski definition) is 5. The van der Waals surface area contributed by atoms with Crippen molar-refractivity contribution in [2.45, 2.75) is 31.7 Å². The Kier molecular flexibility index (Phi) is 2.97. The van der Waals surface area contributed by atoms with Crippen LogP contribution in [0.5, 0.6) is 0 Å². The summed E-state index contributed by atoms with van der Waals surface area (Å²) in [5.74, 6) is -0.321. The molecule has 8 heteroatoms. The van der Waals surface area contributed by atoms with Gasteiger partial charge in [0.25, 0.3) is 5.91 Å². The Morgan fingerprint density at radius 2 is 2.25 bits per heavy atom. The average molecular weight is 280 g/mol. The molecule has 1 aromatic rings. The number of carboxylic acid groups (broad SMARTS) is 1. The van der Waals surface area contributed by atoms with Crippen LogP contribution in [-0.2, 0) is 9.53 Å². The number of hydrogen-bond donors (Lipinski definition) is 3. The highest BCUT2D eigenvalue weighted by Gasteiger charge is 2.47. The summed E-state index contributed by atoms with van der Waals surface area (Å²) < 4.78 is 5.18. The van der Waals surface area contributed by atoms with E-state index in [1.165, 1.54) is 0 Å². The maximum atomic E-state index is 12.1. The molecule has 1 aromatic heterocycles. The molecule has 0 radical (unpaired) electrons. The molecule has 3 N–H and O–H groups in total. The number of aromatic nitrogens is 3. The number of aliphatic carboxylic acids is 1. The molecule has 8 nitrogen and oxygen atoms in total. The zero-order valence-corrected chi connectivity index (χ0v) is 11.0. The molecule has 1 aliphatic carbocycles. The maximum absolute atomic E-state index is 12.1. The molecule has 2 aliphatic rings. The van der Waals surface area contributed by atoms with Gasteiger partial charge in [0.1, 0.15) is 11.2 Å². The number of carboxylic acids is 1. The molecular formula is C12H16N4O4. The lowest BCUT2D eigenvalue weighted by molar-refractivity contribution is -0.148. The molecule has 1 saturated heterocycles. The van der Waals surface area contributed by atoms with Crippen LogP contribution in [0.2, 0.25) is 0 Å². The Bertz CT molecular complexity index is 553. The van der Waals surface area contributed by atoms with Gasteiger partial charge in [0.15, 0.2) is 0 Å². The Labute approximate surface area is 114 Å². The second-order valence-electron chi connectivity index (χ2n) is 5.58. The highest BCUT2D eigenvalue weighted by atomic mass is 16.5. The summed E-state index contributed by atoms with van der Waals surface area (Å²) in [5, 5.41) is 18.5. The van der Waals surface area contributed by atoms with Crippen LogP contribution in [0.15, 0.2) is 0 Å². The fraction of sp³-hybridized carbons (Fsp3) is 0.667. The molecule has 0 spiro atoms. The molecular weight excluding hydrogens is 264 g/mol. The number of H-pyrrole nitrogens is 1. The van der Waals surface area contributed by atoms with Crippen LogP contribution in [0.3, 0.4) is 0 Å². The van der Waals surface area contributed by atoms with Crippen LogP contribution in [0.25, 0.3) is 0 Å². The number of rotatable bonds is 4. The summed E-state index contributed by atoms with van der Waals surface area (Å²) in [7, 11) is 0. The molecule has 108 valence electrons. The van der Waals surface area contributed by atoms with E-state index in [9.17, 15) is 14.7 Å². The van der Waals surface area contributed by atoms with Crippen molar-refractivity contribution in [1.82, 2.24) is 20.5 Å². The predicted molar refractivity (Wildman–Crippen MR) is 66.2 cm³/mol. The fourth-order valence-corrected chi connectivity index (χ4v) is 2.22. The molecule has 1 saturated carbocycles. The van der Waals surface area contributed by atoms with Gasteiger partial charge in [0.2, 0.25) is 5.82 Å². The van der Waals surface area contributed by atoms with Gasteiger partial charge in [-0.2, -0.15) is 0 Å². The molecule has 3 rings (SSSR count). The molecule has 0 aromatic carbocycles. The molecule has 1 amide bonds. The van der Waals surface area contributed by atoms with Gasteiger partial charge in [-0.15, -0.1) is 5.10 Å². The first kappa shape index (κ1) is 13.0. The van der Waals surface area contributed by atoms with E-state index in [0.29, 0.717) is 5.92 Å². The summed E-state index contributed by atoms with van der Waals surface area (Å²) in [5.41, 5.74) is -1.12. The maximum Gasteiger partial charge on any atom is 0.313 e. The van der Waals surface area contributed by atoms with Gasteiger partial charge in [-0.1, -0.05) is 0 Å². The normalized spacial score (nSPS) is 29.4. The summed E-state index contributed by atoms with van der Waals surface area (Å²) in [4.78, 5) is 27.5. The number of ether oxygens (including phenoxy) is 1. The number of aromatic amines is 1. The van der Waals surface area contributed by atoms with Crippen LogP contribution in [0.1, 0.15) is 42.1 Å². The van der Waals surface area contributed by atoms with E-state index in [4.69, 9.17) is 4.74 Å². The molecule has 2 fully saturated rings. The second kappa shape index (κ2) is 4.55. The van der Waals surface area contributed by atoms with E-state index in [2.05, 4.69) is 20.5 Å². The van der Waals surface area contributed by atoms with Crippen molar-refractivity contribution in [3.05, 3.63) is 11.6 Å². The largest absolute Gasteiger partial charge is 0.481 e.